The number of halogens is 1. The molecule has 0 saturated heterocycles. The Morgan fingerprint density at radius 2 is 1.83 bits per heavy atom. The van der Waals surface area contributed by atoms with Crippen LogP contribution in [0, 0.1) is 12.7 Å². The lowest BCUT2D eigenvalue weighted by molar-refractivity contribution is -0.172. The minimum absolute atomic E-state index is 0.0187. The predicted molar refractivity (Wildman–Crippen MR) is 221 cm³/mol. The molecule has 328 valence electrons. The molecule has 2 aliphatic heterocycles. The summed E-state index contributed by atoms with van der Waals surface area (Å²) in [7, 11) is 0. The van der Waals surface area contributed by atoms with Crippen molar-refractivity contribution in [2.45, 2.75) is 77.0 Å². The zero-order chi connectivity index (χ0) is 44.6. The first-order chi connectivity index (χ1) is 30.3. The number of carbonyl (C=O) groups excluding carboxylic acids is 5. The van der Waals surface area contributed by atoms with Crippen molar-refractivity contribution in [3.05, 3.63) is 109 Å². The van der Waals surface area contributed by atoms with Crippen molar-refractivity contribution in [2.75, 3.05) is 26.4 Å². The van der Waals surface area contributed by atoms with E-state index in [1.807, 2.05) is 6.07 Å². The molecular weight excluding hydrogens is 820 g/mol. The summed E-state index contributed by atoms with van der Waals surface area (Å²) in [6, 6.07) is 10.4. The molecule has 3 aliphatic rings. The number of carbonyl (C=O) groups is 5. The molecule has 1 unspecified atom stereocenters. The SMILES string of the molecule is CC[C@@]1(O)C(=O)OCc2c1cc1n(c2=O)Cc2c-1nc1cc(F)c(C)c3c1c2[C@@H](n1nncc1COCNC(=O)CNC(=O)C(Cc1ccccc1)NC(=O)CNC(=O)CN)CC3. The number of aryl methyl sites for hydroxylation is 1. The van der Waals surface area contributed by atoms with Gasteiger partial charge in [0.25, 0.3) is 5.56 Å². The van der Waals surface area contributed by atoms with Crippen molar-refractivity contribution in [1.29, 1.82) is 0 Å². The second-order valence-corrected chi connectivity index (χ2v) is 15.6. The average molecular weight is 865 g/mol. The highest BCUT2D eigenvalue weighted by Crippen LogP contribution is 2.47. The maximum atomic E-state index is 15.4. The Morgan fingerprint density at radius 3 is 2.59 bits per heavy atom. The fourth-order valence-electron chi connectivity index (χ4n) is 8.60. The standard InChI is InChI=1S/C43H45FN10O9/c1-3-43(61)28-12-33-39-26(18-53(33)41(59)27(28)20-63-42(43)60)38-32(10-9-25-22(2)29(44)13-30(51-39)37(25)38)54-24(15-49-52-54)19-62-21-48-35(56)16-47-40(58)31(11-23-7-5-4-6-8-23)50-36(57)17-46-34(55)14-45/h4-8,12-13,15,31-32,61H,3,9-11,14,16-21,45H2,1-2H3,(H,46,55)(H,47,58)(H,48,56)(H,50,57)/t31?,32-,43-/m0/s1. The van der Waals surface area contributed by atoms with Crippen LogP contribution in [0.4, 0.5) is 4.39 Å². The number of fused-ring (bicyclic) bond motifs is 5. The van der Waals surface area contributed by atoms with Crippen LogP contribution in [0.1, 0.15) is 70.4 Å². The van der Waals surface area contributed by atoms with Gasteiger partial charge in [-0.1, -0.05) is 42.5 Å². The van der Waals surface area contributed by atoms with Gasteiger partial charge < -0.3 is 46.1 Å². The molecular formula is C43H45FN10O9. The van der Waals surface area contributed by atoms with Gasteiger partial charge in [-0.15, -0.1) is 5.10 Å². The molecule has 0 spiro atoms. The van der Waals surface area contributed by atoms with Gasteiger partial charge in [0.1, 0.15) is 25.2 Å². The largest absolute Gasteiger partial charge is 0.458 e. The molecule has 2 aromatic carbocycles. The van der Waals surface area contributed by atoms with Crippen molar-refractivity contribution in [3.8, 4) is 11.4 Å². The first-order valence-corrected chi connectivity index (χ1v) is 20.5. The number of nitrogens with two attached hydrogens (primary N) is 1. The van der Waals surface area contributed by atoms with E-state index in [2.05, 4.69) is 31.6 Å². The van der Waals surface area contributed by atoms with Crippen LogP contribution in [0.3, 0.4) is 0 Å². The van der Waals surface area contributed by atoms with E-state index in [-0.39, 0.29) is 63.5 Å². The van der Waals surface area contributed by atoms with Gasteiger partial charge >= 0.3 is 5.97 Å². The molecule has 3 atom stereocenters. The van der Waals surface area contributed by atoms with Crippen molar-refractivity contribution in [1.82, 2.24) is 45.8 Å². The molecule has 20 heteroatoms. The zero-order valence-corrected chi connectivity index (χ0v) is 34.5. The molecule has 5 heterocycles. The van der Waals surface area contributed by atoms with E-state index in [9.17, 15) is 33.9 Å². The van der Waals surface area contributed by atoms with E-state index in [1.165, 1.54) is 16.8 Å². The number of aliphatic hydroxyl groups is 1. The minimum Gasteiger partial charge on any atom is -0.458 e. The van der Waals surface area contributed by atoms with Crippen LogP contribution in [0.25, 0.3) is 22.3 Å². The highest BCUT2D eigenvalue weighted by atomic mass is 19.1. The number of aromatic nitrogens is 5. The van der Waals surface area contributed by atoms with E-state index >= 15 is 4.39 Å². The van der Waals surface area contributed by atoms with Crippen molar-refractivity contribution >= 4 is 40.5 Å². The highest BCUT2D eigenvalue weighted by Gasteiger charge is 2.46. The van der Waals surface area contributed by atoms with Crippen LogP contribution in [0.15, 0.2) is 53.5 Å². The quantitative estimate of drug-likeness (QED) is 0.0457. The molecule has 7 N–H and O–H groups in total. The lowest BCUT2D eigenvalue weighted by Gasteiger charge is -2.31. The summed E-state index contributed by atoms with van der Waals surface area (Å²) in [4.78, 5) is 81.7. The molecule has 1 aliphatic carbocycles. The first-order valence-electron chi connectivity index (χ1n) is 20.5. The molecule has 8 rings (SSSR count). The van der Waals surface area contributed by atoms with Gasteiger partial charge in [0.05, 0.1) is 73.2 Å². The molecule has 0 radical (unpaired) electrons. The van der Waals surface area contributed by atoms with E-state index < -0.39 is 65.2 Å². The molecule has 63 heavy (non-hydrogen) atoms. The lowest BCUT2D eigenvalue weighted by Crippen LogP contribution is -2.52. The van der Waals surface area contributed by atoms with E-state index in [4.69, 9.17) is 20.2 Å². The summed E-state index contributed by atoms with van der Waals surface area (Å²) in [6.45, 7) is 1.80. The summed E-state index contributed by atoms with van der Waals surface area (Å²) in [5.41, 5.74) is 8.49. The monoisotopic (exact) mass is 864 g/mol. The lowest BCUT2D eigenvalue weighted by atomic mass is 9.81. The van der Waals surface area contributed by atoms with Crippen LogP contribution in [0.5, 0.6) is 0 Å². The van der Waals surface area contributed by atoms with Gasteiger partial charge in [0, 0.05) is 29.0 Å². The number of ether oxygens (including phenoxy) is 2. The number of nitrogens with one attached hydrogen (secondary N) is 4. The number of esters is 1. The van der Waals surface area contributed by atoms with Gasteiger partial charge in [0.15, 0.2) is 5.60 Å². The Hall–Kier alpha value is -6.90. The molecule has 19 nitrogen and oxygen atoms in total. The minimum atomic E-state index is -2.02. The number of rotatable bonds is 15. The topological polar surface area (TPSA) is 264 Å². The van der Waals surface area contributed by atoms with Gasteiger partial charge in [-0.25, -0.2) is 18.9 Å². The third-order valence-corrected chi connectivity index (χ3v) is 11.9. The number of pyridine rings is 2. The fourth-order valence-corrected chi connectivity index (χ4v) is 8.60. The maximum absolute atomic E-state index is 15.4. The number of nitrogens with zero attached hydrogens (tertiary/aromatic N) is 5. The van der Waals surface area contributed by atoms with Crippen molar-refractivity contribution in [2.24, 2.45) is 5.73 Å². The van der Waals surface area contributed by atoms with E-state index in [0.717, 1.165) is 22.1 Å². The van der Waals surface area contributed by atoms with Gasteiger partial charge in [-0.2, -0.15) is 0 Å². The number of benzene rings is 2. The van der Waals surface area contributed by atoms with Gasteiger partial charge in [-0.05, 0) is 54.5 Å². The summed E-state index contributed by atoms with van der Waals surface area (Å²) in [6.07, 6.45) is 2.62. The maximum Gasteiger partial charge on any atom is 0.343 e. The summed E-state index contributed by atoms with van der Waals surface area (Å²) in [5, 5.41) is 30.8. The summed E-state index contributed by atoms with van der Waals surface area (Å²) < 4.78 is 29.8. The molecule has 0 fully saturated rings. The Labute approximate surface area is 358 Å². The summed E-state index contributed by atoms with van der Waals surface area (Å²) in [5.74, 6) is -3.59. The van der Waals surface area contributed by atoms with E-state index in [1.54, 1.807) is 48.9 Å². The normalized spacial score (nSPS) is 17.5. The molecule has 5 aromatic rings. The third kappa shape index (κ3) is 8.03. The van der Waals surface area contributed by atoms with Gasteiger partial charge in [-0.3, -0.25) is 24.0 Å². The Balaban J connectivity index is 0.974. The van der Waals surface area contributed by atoms with Crippen LogP contribution in [-0.4, -0.2) is 91.7 Å². The smallest absolute Gasteiger partial charge is 0.343 e. The third-order valence-electron chi connectivity index (χ3n) is 11.9. The molecule has 4 amide bonds. The first kappa shape index (κ1) is 42.8. The van der Waals surface area contributed by atoms with Crippen LogP contribution in [0.2, 0.25) is 0 Å². The fraction of sp³-hybridized carbons (Fsp3) is 0.372. The Kier molecular flexibility index (Phi) is 11.9. The Morgan fingerprint density at radius 1 is 1.05 bits per heavy atom. The number of hydrogen-bond acceptors (Lipinski definition) is 13. The van der Waals surface area contributed by atoms with Crippen molar-refractivity contribution < 1.29 is 42.9 Å². The second kappa shape index (κ2) is 17.5. The van der Waals surface area contributed by atoms with Crippen LogP contribution in [-0.2, 0) is 71.6 Å². The summed E-state index contributed by atoms with van der Waals surface area (Å²) >= 11 is 0. The Bertz CT molecular complexity index is 2740. The van der Waals surface area contributed by atoms with E-state index in [0.29, 0.717) is 46.6 Å². The van der Waals surface area contributed by atoms with Crippen molar-refractivity contribution in [3.63, 3.8) is 0 Å². The number of hydrogen-bond donors (Lipinski definition) is 6. The molecule has 3 aromatic heterocycles. The van der Waals surface area contributed by atoms with Crippen LogP contribution >= 0.6 is 0 Å². The second-order valence-electron chi connectivity index (χ2n) is 15.6. The number of cyclic esters (lactones) is 1. The number of amides is 4. The molecule has 0 saturated carbocycles. The average Bonchev–Trinajstić information content (AvgIpc) is 3.91. The zero-order valence-electron chi connectivity index (χ0n) is 34.5. The predicted octanol–water partition coefficient (Wildman–Crippen LogP) is 0.163. The highest BCUT2D eigenvalue weighted by molar-refractivity contribution is 5.94. The van der Waals surface area contributed by atoms with Gasteiger partial charge in [0.2, 0.25) is 23.6 Å². The van der Waals surface area contributed by atoms with Crippen LogP contribution < -0.4 is 32.6 Å². The molecule has 0 bridgehead atoms.